The molecule has 1 unspecified atom stereocenters. The number of rotatable bonds is 7. The molecule has 6 nitrogen and oxygen atoms in total. The van der Waals surface area contributed by atoms with Crippen LogP contribution in [-0.4, -0.2) is 28.5 Å². The Hall–Kier alpha value is -2.15. The van der Waals surface area contributed by atoms with E-state index in [0.717, 1.165) is 0 Å². The minimum atomic E-state index is -0.823. The average Bonchev–Trinajstić information content (AvgIpc) is 3.11. The second-order valence-electron chi connectivity index (χ2n) is 4.76. The topological polar surface area (TPSA) is 92.4 Å². The molecular weight excluding hydrogens is 292 g/mol. The molecule has 7 heteroatoms. The third kappa shape index (κ3) is 4.42. The number of thiazole rings is 1. The largest absolute Gasteiger partial charge is 0.481 e. The van der Waals surface area contributed by atoms with E-state index in [0.29, 0.717) is 29.4 Å². The number of carbonyl (C=O) groups is 2. The molecule has 0 aliphatic rings. The molecule has 2 aromatic rings. The monoisotopic (exact) mass is 308 g/mol. The molecule has 1 atom stereocenters. The van der Waals surface area contributed by atoms with Gasteiger partial charge in [0.15, 0.2) is 10.8 Å². The van der Waals surface area contributed by atoms with Crippen LogP contribution in [-0.2, 0) is 4.79 Å². The highest BCUT2D eigenvalue weighted by Gasteiger charge is 2.14. The Morgan fingerprint density at radius 1 is 1.52 bits per heavy atom. The number of carboxylic acid groups (broad SMARTS) is 1. The number of nitrogens with one attached hydrogen (secondary N) is 1. The van der Waals surface area contributed by atoms with E-state index in [-0.39, 0.29) is 18.2 Å². The minimum Gasteiger partial charge on any atom is -0.481 e. The second kappa shape index (κ2) is 7.03. The van der Waals surface area contributed by atoms with Crippen LogP contribution in [0.25, 0.3) is 10.8 Å². The van der Waals surface area contributed by atoms with Crippen molar-refractivity contribution < 1.29 is 19.1 Å². The summed E-state index contributed by atoms with van der Waals surface area (Å²) in [5.41, 5.74) is 0.344. The predicted molar refractivity (Wildman–Crippen MR) is 78.2 cm³/mol. The second-order valence-corrected chi connectivity index (χ2v) is 5.62. The van der Waals surface area contributed by atoms with Crippen molar-refractivity contribution in [3.8, 4) is 10.8 Å². The van der Waals surface area contributed by atoms with Gasteiger partial charge in [-0.15, -0.1) is 11.3 Å². The lowest BCUT2D eigenvalue weighted by Gasteiger charge is -2.10. The average molecular weight is 308 g/mol. The van der Waals surface area contributed by atoms with E-state index in [1.54, 1.807) is 23.8 Å². The molecule has 0 fully saturated rings. The molecule has 0 bridgehead atoms. The maximum Gasteiger partial charge on any atom is 0.303 e. The van der Waals surface area contributed by atoms with Crippen LogP contribution in [0.4, 0.5) is 0 Å². The molecule has 1 amide bonds. The Labute approximate surface area is 125 Å². The van der Waals surface area contributed by atoms with E-state index in [1.165, 1.54) is 11.3 Å². The normalized spacial score (nSPS) is 12.0. The summed E-state index contributed by atoms with van der Waals surface area (Å²) in [6, 6.07) is 3.55. The lowest BCUT2D eigenvalue weighted by atomic mass is 10.1. The molecule has 112 valence electrons. The molecule has 0 aliphatic carbocycles. The van der Waals surface area contributed by atoms with Crippen molar-refractivity contribution in [2.75, 3.05) is 6.54 Å². The molecule has 0 aromatic carbocycles. The maximum absolute atomic E-state index is 12.0. The van der Waals surface area contributed by atoms with Crippen LogP contribution in [0.1, 0.15) is 30.3 Å². The molecule has 0 aliphatic heterocycles. The van der Waals surface area contributed by atoms with E-state index in [9.17, 15) is 9.59 Å². The first-order valence-electron chi connectivity index (χ1n) is 6.55. The lowest BCUT2D eigenvalue weighted by molar-refractivity contribution is -0.137. The van der Waals surface area contributed by atoms with Gasteiger partial charge in [0.25, 0.3) is 5.91 Å². The Kier molecular flexibility index (Phi) is 5.10. The van der Waals surface area contributed by atoms with Crippen molar-refractivity contribution in [2.45, 2.75) is 19.8 Å². The smallest absolute Gasteiger partial charge is 0.303 e. The van der Waals surface area contributed by atoms with Crippen LogP contribution in [0.15, 0.2) is 28.2 Å². The lowest BCUT2D eigenvalue weighted by Crippen LogP contribution is -2.28. The zero-order chi connectivity index (χ0) is 15.2. The predicted octanol–water partition coefficient (Wildman–Crippen LogP) is 2.63. The van der Waals surface area contributed by atoms with E-state index in [2.05, 4.69) is 10.3 Å². The molecule has 21 heavy (non-hydrogen) atoms. The molecule has 0 saturated heterocycles. The number of amides is 1. The highest BCUT2D eigenvalue weighted by molar-refractivity contribution is 7.13. The van der Waals surface area contributed by atoms with Gasteiger partial charge in [0.05, 0.1) is 6.26 Å². The Morgan fingerprint density at radius 3 is 3.00 bits per heavy atom. The van der Waals surface area contributed by atoms with Crippen LogP contribution in [0.5, 0.6) is 0 Å². The molecule has 2 N–H and O–H groups in total. The van der Waals surface area contributed by atoms with Gasteiger partial charge in [-0.05, 0) is 24.5 Å². The third-order valence-electron chi connectivity index (χ3n) is 2.93. The fourth-order valence-corrected chi connectivity index (χ4v) is 2.49. The van der Waals surface area contributed by atoms with E-state index >= 15 is 0 Å². The Morgan fingerprint density at radius 2 is 2.33 bits per heavy atom. The van der Waals surface area contributed by atoms with Gasteiger partial charge < -0.3 is 14.8 Å². The van der Waals surface area contributed by atoms with Gasteiger partial charge >= 0.3 is 5.97 Å². The summed E-state index contributed by atoms with van der Waals surface area (Å²) in [6.45, 7) is 2.33. The standard InChI is InChI=1S/C14H16N2O4S/c1-9(4-5-12(17)18)7-15-13(19)10-8-21-14(16-10)11-3-2-6-20-11/h2-3,6,8-9H,4-5,7H2,1H3,(H,15,19)(H,17,18). The first-order valence-corrected chi connectivity index (χ1v) is 7.43. The van der Waals surface area contributed by atoms with E-state index < -0.39 is 5.97 Å². The molecule has 0 spiro atoms. The summed E-state index contributed by atoms with van der Waals surface area (Å²) < 4.78 is 5.23. The minimum absolute atomic E-state index is 0.105. The summed E-state index contributed by atoms with van der Waals surface area (Å²) in [5, 5.41) is 13.7. The van der Waals surface area contributed by atoms with Crippen molar-refractivity contribution >= 4 is 23.2 Å². The number of aromatic nitrogens is 1. The van der Waals surface area contributed by atoms with Crippen LogP contribution in [0, 0.1) is 5.92 Å². The van der Waals surface area contributed by atoms with Gasteiger partial charge in [-0.1, -0.05) is 6.92 Å². The summed E-state index contributed by atoms with van der Waals surface area (Å²) in [5.74, 6) is -0.343. The first-order chi connectivity index (χ1) is 10.1. The Balaban J connectivity index is 1.85. The summed E-state index contributed by atoms with van der Waals surface area (Å²) in [7, 11) is 0. The van der Waals surface area contributed by atoms with E-state index in [1.807, 2.05) is 6.92 Å². The van der Waals surface area contributed by atoms with Gasteiger partial charge in [-0.3, -0.25) is 9.59 Å². The number of carbonyl (C=O) groups excluding carboxylic acids is 1. The molecule has 0 saturated carbocycles. The highest BCUT2D eigenvalue weighted by atomic mass is 32.1. The van der Waals surface area contributed by atoms with Crippen molar-refractivity contribution in [1.82, 2.24) is 10.3 Å². The zero-order valence-corrected chi connectivity index (χ0v) is 12.4. The first kappa shape index (κ1) is 15.2. The van der Waals surface area contributed by atoms with Crippen LogP contribution < -0.4 is 5.32 Å². The maximum atomic E-state index is 12.0. The summed E-state index contributed by atoms with van der Waals surface area (Å²) in [6.07, 6.45) is 2.20. The quantitative estimate of drug-likeness (QED) is 0.820. The number of nitrogens with zero attached hydrogens (tertiary/aromatic N) is 1. The van der Waals surface area contributed by atoms with Gasteiger partial charge in [0.1, 0.15) is 5.69 Å². The van der Waals surface area contributed by atoms with Crippen molar-refractivity contribution in [2.24, 2.45) is 5.92 Å². The van der Waals surface area contributed by atoms with Crippen molar-refractivity contribution in [1.29, 1.82) is 0 Å². The van der Waals surface area contributed by atoms with Gasteiger partial charge in [-0.2, -0.15) is 0 Å². The summed E-state index contributed by atoms with van der Waals surface area (Å²) >= 11 is 1.34. The van der Waals surface area contributed by atoms with Crippen LogP contribution in [0.2, 0.25) is 0 Å². The number of hydrogen-bond donors (Lipinski definition) is 2. The SMILES string of the molecule is CC(CCC(=O)O)CNC(=O)c1csc(-c2ccco2)n1. The number of hydrogen-bond acceptors (Lipinski definition) is 5. The van der Waals surface area contributed by atoms with Crippen molar-refractivity contribution in [3.63, 3.8) is 0 Å². The zero-order valence-electron chi connectivity index (χ0n) is 11.5. The highest BCUT2D eigenvalue weighted by Crippen LogP contribution is 2.23. The number of aliphatic carboxylic acids is 1. The number of carboxylic acids is 1. The van der Waals surface area contributed by atoms with Gasteiger partial charge in [0, 0.05) is 18.3 Å². The van der Waals surface area contributed by atoms with Crippen molar-refractivity contribution in [3.05, 3.63) is 29.5 Å². The molecule has 2 aromatic heterocycles. The van der Waals surface area contributed by atoms with Crippen LogP contribution in [0.3, 0.4) is 0 Å². The Bertz CT molecular complexity index is 606. The third-order valence-corrected chi connectivity index (χ3v) is 3.79. The van der Waals surface area contributed by atoms with Crippen LogP contribution >= 0.6 is 11.3 Å². The fraction of sp³-hybridized carbons (Fsp3) is 0.357. The fourth-order valence-electron chi connectivity index (χ4n) is 1.72. The van der Waals surface area contributed by atoms with Gasteiger partial charge in [0.2, 0.25) is 0 Å². The number of furan rings is 1. The molecule has 0 radical (unpaired) electrons. The van der Waals surface area contributed by atoms with E-state index in [4.69, 9.17) is 9.52 Å². The van der Waals surface area contributed by atoms with Gasteiger partial charge in [-0.25, -0.2) is 4.98 Å². The summed E-state index contributed by atoms with van der Waals surface area (Å²) in [4.78, 5) is 26.7. The molecular formula is C14H16N2O4S. The molecule has 2 heterocycles. The molecule has 2 rings (SSSR count).